The van der Waals surface area contributed by atoms with Gasteiger partial charge in [0.2, 0.25) is 5.91 Å². The number of hydrogen-bond donors (Lipinski definition) is 2. The lowest BCUT2D eigenvalue weighted by molar-refractivity contribution is -0.113. The van der Waals surface area contributed by atoms with E-state index in [1.807, 2.05) is 25.3 Å². The summed E-state index contributed by atoms with van der Waals surface area (Å²) in [5, 5.41) is 9.99. The molecule has 5 nitrogen and oxygen atoms in total. The van der Waals surface area contributed by atoms with Crippen LogP contribution in [-0.2, 0) is 4.79 Å². The van der Waals surface area contributed by atoms with Crippen molar-refractivity contribution in [2.24, 2.45) is 0 Å². The monoisotopic (exact) mass is 260 g/mol. The van der Waals surface area contributed by atoms with Crippen molar-refractivity contribution in [3.05, 3.63) is 41.3 Å². The lowest BCUT2D eigenvalue weighted by Gasteiger charge is -2.14. The summed E-state index contributed by atoms with van der Waals surface area (Å²) >= 11 is 1.59. The standard InChI is InChI=1S/C12H12N4OS/c1-7-10-11(8-3-2-4-13-5-8)18-6-9(17)14-12(10)16-15-7/h2-5,11H,6H2,1H3,(H2,14,15,16,17)/t11-/m0/s1. The molecular weight excluding hydrogens is 248 g/mol. The number of rotatable bonds is 1. The van der Waals surface area contributed by atoms with Crippen LogP contribution in [0.3, 0.4) is 0 Å². The molecule has 0 aliphatic carbocycles. The number of carbonyl (C=O) groups excluding carboxylic acids is 1. The number of amides is 1. The quantitative estimate of drug-likeness (QED) is 0.821. The molecule has 0 spiro atoms. The van der Waals surface area contributed by atoms with E-state index in [4.69, 9.17) is 0 Å². The molecular formula is C12H12N4OS. The molecule has 1 aliphatic rings. The van der Waals surface area contributed by atoms with Gasteiger partial charge in [0.15, 0.2) is 5.82 Å². The lowest BCUT2D eigenvalue weighted by Crippen LogP contribution is -2.12. The van der Waals surface area contributed by atoms with Crippen LogP contribution in [0, 0.1) is 6.92 Å². The van der Waals surface area contributed by atoms with Gasteiger partial charge in [-0.05, 0) is 18.6 Å². The predicted octanol–water partition coefficient (Wildman–Crippen LogP) is 1.89. The van der Waals surface area contributed by atoms with E-state index < -0.39 is 0 Å². The van der Waals surface area contributed by atoms with Gasteiger partial charge in [0.1, 0.15) is 0 Å². The molecule has 3 heterocycles. The number of thioether (sulfide) groups is 1. The Kier molecular flexibility index (Phi) is 2.79. The highest BCUT2D eigenvalue weighted by Gasteiger charge is 2.27. The number of aromatic nitrogens is 3. The second kappa shape index (κ2) is 4.45. The van der Waals surface area contributed by atoms with E-state index in [2.05, 4.69) is 20.5 Å². The normalized spacial score (nSPS) is 18.9. The van der Waals surface area contributed by atoms with Crippen LogP contribution in [0.4, 0.5) is 5.82 Å². The topological polar surface area (TPSA) is 70.7 Å². The van der Waals surface area contributed by atoms with E-state index in [0.29, 0.717) is 11.6 Å². The minimum Gasteiger partial charge on any atom is -0.308 e. The van der Waals surface area contributed by atoms with E-state index in [-0.39, 0.29) is 11.2 Å². The van der Waals surface area contributed by atoms with E-state index in [1.165, 1.54) is 0 Å². The largest absolute Gasteiger partial charge is 0.308 e. The number of hydrogen-bond acceptors (Lipinski definition) is 4. The van der Waals surface area contributed by atoms with E-state index in [9.17, 15) is 4.79 Å². The van der Waals surface area contributed by atoms with E-state index >= 15 is 0 Å². The fraction of sp³-hybridized carbons (Fsp3) is 0.250. The van der Waals surface area contributed by atoms with Crippen molar-refractivity contribution in [3.8, 4) is 0 Å². The number of anilines is 1. The maximum Gasteiger partial charge on any atom is 0.235 e. The molecule has 1 aliphatic heterocycles. The third kappa shape index (κ3) is 1.88. The summed E-state index contributed by atoms with van der Waals surface area (Å²) in [4.78, 5) is 15.8. The number of nitrogens with one attached hydrogen (secondary N) is 2. The van der Waals surface area contributed by atoms with Gasteiger partial charge < -0.3 is 5.32 Å². The molecule has 18 heavy (non-hydrogen) atoms. The van der Waals surface area contributed by atoms with Crippen molar-refractivity contribution < 1.29 is 4.79 Å². The number of carbonyl (C=O) groups is 1. The highest BCUT2D eigenvalue weighted by molar-refractivity contribution is 8.00. The molecule has 6 heteroatoms. The second-order valence-electron chi connectivity index (χ2n) is 4.14. The fourth-order valence-corrected chi connectivity index (χ4v) is 3.24. The first-order valence-corrected chi connectivity index (χ1v) is 6.67. The van der Waals surface area contributed by atoms with Gasteiger partial charge in [-0.15, -0.1) is 11.8 Å². The van der Waals surface area contributed by atoms with Crippen LogP contribution in [0.1, 0.15) is 22.1 Å². The predicted molar refractivity (Wildman–Crippen MR) is 70.5 cm³/mol. The highest BCUT2D eigenvalue weighted by atomic mass is 32.2. The molecule has 0 fully saturated rings. The summed E-state index contributed by atoms with van der Waals surface area (Å²) in [5.41, 5.74) is 3.11. The van der Waals surface area contributed by atoms with Gasteiger partial charge in [0, 0.05) is 23.7 Å². The molecule has 1 amide bonds. The van der Waals surface area contributed by atoms with E-state index in [0.717, 1.165) is 16.8 Å². The van der Waals surface area contributed by atoms with Crippen molar-refractivity contribution >= 4 is 23.5 Å². The van der Waals surface area contributed by atoms with Gasteiger partial charge in [0.25, 0.3) is 0 Å². The van der Waals surface area contributed by atoms with Gasteiger partial charge in [-0.25, -0.2) is 0 Å². The Labute approximate surface area is 108 Å². The number of aromatic amines is 1. The molecule has 2 aromatic heterocycles. The Morgan fingerprint density at radius 1 is 1.50 bits per heavy atom. The first kappa shape index (κ1) is 11.3. The second-order valence-corrected chi connectivity index (χ2v) is 5.23. The molecule has 0 unspecified atom stereocenters. The minimum absolute atomic E-state index is 0.0147. The van der Waals surface area contributed by atoms with Crippen LogP contribution in [-0.4, -0.2) is 26.8 Å². The number of nitrogens with zero attached hydrogens (tertiary/aromatic N) is 2. The molecule has 3 rings (SSSR count). The molecule has 92 valence electrons. The molecule has 0 radical (unpaired) electrons. The zero-order valence-electron chi connectivity index (χ0n) is 9.80. The Bertz CT molecular complexity index is 581. The van der Waals surface area contributed by atoms with Crippen molar-refractivity contribution in [1.82, 2.24) is 15.2 Å². The summed E-state index contributed by atoms with van der Waals surface area (Å²) < 4.78 is 0. The number of aryl methyl sites for hydroxylation is 1. The number of H-pyrrole nitrogens is 1. The minimum atomic E-state index is -0.0147. The summed E-state index contributed by atoms with van der Waals surface area (Å²) in [5.74, 6) is 1.05. The third-order valence-electron chi connectivity index (χ3n) is 2.88. The molecule has 2 aromatic rings. The van der Waals surface area contributed by atoms with Gasteiger partial charge in [-0.2, -0.15) is 5.10 Å². The molecule has 0 saturated carbocycles. The molecule has 0 aromatic carbocycles. The van der Waals surface area contributed by atoms with Crippen LogP contribution in [0.25, 0.3) is 0 Å². The summed E-state index contributed by atoms with van der Waals surface area (Å²) in [6, 6.07) is 3.93. The lowest BCUT2D eigenvalue weighted by atomic mass is 10.1. The van der Waals surface area contributed by atoms with Gasteiger partial charge in [-0.1, -0.05) is 6.07 Å². The molecule has 0 saturated heterocycles. The Hall–Kier alpha value is -1.82. The van der Waals surface area contributed by atoms with Crippen molar-refractivity contribution in [3.63, 3.8) is 0 Å². The Balaban J connectivity index is 2.10. The van der Waals surface area contributed by atoms with Crippen molar-refractivity contribution in [2.45, 2.75) is 12.2 Å². The first-order valence-electron chi connectivity index (χ1n) is 5.62. The molecule has 2 N–H and O–H groups in total. The maximum atomic E-state index is 11.6. The van der Waals surface area contributed by atoms with E-state index in [1.54, 1.807) is 18.0 Å². The van der Waals surface area contributed by atoms with Crippen molar-refractivity contribution in [2.75, 3.05) is 11.1 Å². The van der Waals surface area contributed by atoms with Gasteiger partial charge in [0.05, 0.1) is 11.0 Å². The van der Waals surface area contributed by atoms with Crippen LogP contribution < -0.4 is 5.32 Å². The van der Waals surface area contributed by atoms with Crippen LogP contribution in [0.15, 0.2) is 24.5 Å². The zero-order chi connectivity index (χ0) is 12.5. The van der Waals surface area contributed by atoms with Gasteiger partial charge in [-0.3, -0.25) is 14.9 Å². The summed E-state index contributed by atoms with van der Waals surface area (Å²) in [6.45, 7) is 1.97. The average Bonchev–Trinajstić information content (AvgIpc) is 2.65. The van der Waals surface area contributed by atoms with Crippen LogP contribution in [0.5, 0.6) is 0 Å². The van der Waals surface area contributed by atoms with Crippen molar-refractivity contribution in [1.29, 1.82) is 0 Å². The number of pyridine rings is 1. The average molecular weight is 260 g/mol. The highest BCUT2D eigenvalue weighted by Crippen LogP contribution is 2.41. The fourth-order valence-electron chi connectivity index (χ4n) is 2.06. The smallest absolute Gasteiger partial charge is 0.235 e. The number of fused-ring (bicyclic) bond motifs is 1. The first-order chi connectivity index (χ1) is 8.75. The van der Waals surface area contributed by atoms with Gasteiger partial charge >= 0.3 is 0 Å². The summed E-state index contributed by atoms with van der Waals surface area (Å²) in [6.07, 6.45) is 3.58. The SMILES string of the molecule is Cc1[nH]nc2c1[C@H](c1cccnc1)SCC(=O)N2. The van der Waals surface area contributed by atoms with Crippen LogP contribution in [0.2, 0.25) is 0 Å². The third-order valence-corrected chi connectivity index (χ3v) is 4.15. The Morgan fingerprint density at radius 3 is 3.17 bits per heavy atom. The molecule has 1 atom stereocenters. The molecule has 0 bridgehead atoms. The summed E-state index contributed by atoms with van der Waals surface area (Å²) in [7, 11) is 0. The maximum absolute atomic E-state index is 11.6. The zero-order valence-corrected chi connectivity index (χ0v) is 10.6. The van der Waals surface area contributed by atoms with Crippen LogP contribution >= 0.6 is 11.8 Å². The Morgan fingerprint density at radius 2 is 2.39 bits per heavy atom.